The van der Waals surface area contributed by atoms with E-state index in [2.05, 4.69) is 9.97 Å². The van der Waals surface area contributed by atoms with Crippen molar-refractivity contribution in [1.82, 2.24) is 9.97 Å². The number of hydrogen-bond donors (Lipinski definition) is 2. The minimum atomic E-state index is 0.622. The van der Waals surface area contributed by atoms with Gasteiger partial charge in [-0.15, -0.1) is 0 Å². The van der Waals surface area contributed by atoms with Gasteiger partial charge in [-0.05, 0) is 25.0 Å². The van der Waals surface area contributed by atoms with Crippen molar-refractivity contribution >= 4 is 16.7 Å². The molecule has 3 heteroatoms. The van der Waals surface area contributed by atoms with E-state index >= 15 is 0 Å². The molecule has 1 fully saturated rings. The topological polar surface area (TPSA) is 54.7 Å². The molecule has 1 aromatic carbocycles. The van der Waals surface area contributed by atoms with Crippen LogP contribution in [0.1, 0.15) is 37.4 Å². The molecular formula is C12H15N3. The molecule has 0 amide bonds. The molecule has 0 aliphatic heterocycles. The molecular weight excluding hydrogens is 186 g/mol. The zero-order valence-corrected chi connectivity index (χ0v) is 8.66. The smallest absolute Gasteiger partial charge is 0.111 e. The SMILES string of the molecule is Nc1cccc2[nH]c(C3CCCC3)nc12. The van der Waals surface area contributed by atoms with Crippen molar-refractivity contribution in [3.63, 3.8) is 0 Å². The van der Waals surface area contributed by atoms with Gasteiger partial charge in [-0.25, -0.2) is 4.98 Å². The summed E-state index contributed by atoms with van der Waals surface area (Å²) in [5.74, 6) is 1.75. The van der Waals surface area contributed by atoms with Gasteiger partial charge in [-0.1, -0.05) is 18.9 Å². The van der Waals surface area contributed by atoms with E-state index in [1.54, 1.807) is 0 Å². The number of H-pyrrole nitrogens is 1. The minimum Gasteiger partial charge on any atom is -0.397 e. The van der Waals surface area contributed by atoms with Crippen LogP contribution in [0, 0.1) is 0 Å². The van der Waals surface area contributed by atoms with E-state index in [4.69, 9.17) is 5.73 Å². The lowest BCUT2D eigenvalue weighted by molar-refractivity contribution is 0.681. The summed E-state index contributed by atoms with van der Waals surface area (Å²) in [5.41, 5.74) is 8.65. The predicted molar refractivity (Wildman–Crippen MR) is 61.7 cm³/mol. The van der Waals surface area contributed by atoms with E-state index in [1.807, 2.05) is 18.2 Å². The molecule has 0 bridgehead atoms. The molecule has 0 unspecified atom stereocenters. The summed E-state index contributed by atoms with van der Waals surface area (Å²) in [6, 6.07) is 5.91. The number of aromatic amines is 1. The highest BCUT2D eigenvalue weighted by Crippen LogP contribution is 2.33. The van der Waals surface area contributed by atoms with Crippen molar-refractivity contribution in [2.24, 2.45) is 0 Å². The zero-order chi connectivity index (χ0) is 10.3. The summed E-state index contributed by atoms with van der Waals surface area (Å²) in [7, 11) is 0. The number of nitrogens with two attached hydrogens (primary N) is 1. The number of fused-ring (bicyclic) bond motifs is 1. The monoisotopic (exact) mass is 201 g/mol. The van der Waals surface area contributed by atoms with Crippen molar-refractivity contribution in [1.29, 1.82) is 0 Å². The van der Waals surface area contributed by atoms with Gasteiger partial charge in [-0.2, -0.15) is 0 Å². The van der Waals surface area contributed by atoms with Gasteiger partial charge in [-0.3, -0.25) is 0 Å². The molecule has 3 rings (SSSR count). The minimum absolute atomic E-state index is 0.622. The highest BCUT2D eigenvalue weighted by Gasteiger charge is 2.20. The molecule has 1 saturated carbocycles. The Kier molecular flexibility index (Phi) is 1.91. The molecule has 0 saturated heterocycles. The first kappa shape index (κ1) is 8.77. The number of benzene rings is 1. The highest BCUT2D eigenvalue weighted by atomic mass is 14.9. The average Bonchev–Trinajstić information content (AvgIpc) is 2.86. The van der Waals surface area contributed by atoms with E-state index in [0.29, 0.717) is 5.92 Å². The fourth-order valence-electron chi connectivity index (χ4n) is 2.47. The fourth-order valence-corrected chi connectivity index (χ4v) is 2.47. The molecule has 0 atom stereocenters. The molecule has 1 heterocycles. The van der Waals surface area contributed by atoms with Crippen LogP contribution in [-0.2, 0) is 0 Å². The normalized spacial score (nSPS) is 17.6. The molecule has 0 spiro atoms. The van der Waals surface area contributed by atoms with Crippen LogP contribution in [0.4, 0.5) is 5.69 Å². The molecule has 3 N–H and O–H groups in total. The summed E-state index contributed by atoms with van der Waals surface area (Å²) in [5, 5.41) is 0. The number of aromatic nitrogens is 2. The average molecular weight is 201 g/mol. The number of nitrogen functional groups attached to an aromatic ring is 1. The van der Waals surface area contributed by atoms with Gasteiger partial charge >= 0.3 is 0 Å². The van der Waals surface area contributed by atoms with E-state index in [1.165, 1.54) is 25.7 Å². The van der Waals surface area contributed by atoms with Gasteiger partial charge < -0.3 is 10.7 Å². The van der Waals surface area contributed by atoms with Crippen LogP contribution in [0.15, 0.2) is 18.2 Å². The Labute approximate surface area is 88.7 Å². The van der Waals surface area contributed by atoms with Crippen molar-refractivity contribution in [3.8, 4) is 0 Å². The summed E-state index contributed by atoms with van der Waals surface area (Å²) in [6.45, 7) is 0. The van der Waals surface area contributed by atoms with E-state index < -0.39 is 0 Å². The number of anilines is 1. The summed E-state index contributed by atoms with van der Waals surface area (Å²) >= 11 is 0. The Morgan fingerprint density at radius 2 is 2.07 bits per heavy atom. The maximum Gasteiger partial charge on any atom is 0.111 e. The molecule has 3 nitrogen and oxygen atoms in total. The standard InChI is InChI=1S/C12H15N3/c13-9-6-3-7-10-11(9)15-12(14-10)8-4-1-2-5-8/h3,6-8H,1-2,4-5,13H2,(H,14,15). The molecule has 1 aliphatic carbocycles. The van der Waals surface area contributed by atoms with Crippen LogP contribution in [0.3, 0.4) is 0 Å². The molecule has 78 valence electrons. The second-order valence-electron chi connectivity index (χ2n) is 4.35. The third-order valence-electron chi connectivity index (χ3n) is 3.30. The summed E-state index contributed by atoms with van der Waals surface area (Å²) in [6.07, 6.45) is 5.19. The lowest BCUT2D eigenvalue weighted by atomic mass is 10.1. The maximum atomic E-state index is 5.89. The lowest BCUT2D eigenvalue weighted by Crippen LogP contribution is -1.94. The highest BCUT2D eigenvalue weighted by molar-refractivity contribution is 5.86. The van der Waals surface area contributed by atoms with Gasteiger partial charge in [0.05, 0.1) is 11.2 Å². The van der Waals surface area contributed by atoms with Crippen LogP contribution < -0.4 is 5.73 Å². The van der Waals surface area contributed by atoms with Crippen LogP contribution in [0.25, 0.3) is 11.0 Å². The Bertz CT molecular complexity index is 481. The number of rotatable bonds is 1. The Balaban J connectivity index is 2.09. The molecule has 2 aromatic rings. The first-order chi connectivity index (χ1) is 7.34. The summed E-state index contributed by atoms with van der Waals surface area (Å²) < 4.78 is 0. The number of para-hydroxylation sites is 1. The number of imidazole rings is 1. The first-order valence-corrected chi connectivity index (χ1v) is 5.59. The van der Waals surface area contributed by atoms with Crippen molar-refractivity contribution in [3.05, 3.63) is 24.0 Å². The lowest BCUT2D eigenvalue weighted by Gasteiger charge is -2.02. The van der Waals surface area contributed by atoms with Crippen molar-refractivity contribution in [2.75, 3.05) is 5.73 Å². The Morgan fingerprint density at radius 1 is 1.27 bits per heavy atom. The molecule has 15 heavy (non-hydrogen) atoms. The third-order valence-corrected chi connectivity index (χ3v) is 3.30. The van der Waals surface area contributed by atoms with Gasteiger partial charge in [0.1, 0.15) is 11.3 Å². The molecule has 0 radical (unpaired) electrons. The molecule has 1 aliphatic rings. The third kappa shape index (κ3) is 1.39. The first-order valence-electron chi connectivity index (χ1n) is 5.59. The van der Waals surface area contributed by atoms with E-state index in [9.17, 15) is 0 Å². The van der Waals surface area contributed by atoms with Crippen LogP contribution >= 0.6 is 0 Å². The van der Waals surface area contributed by atoms with Crippen LogP contribution in [0.2, 0.25) is 0 Å². The van der Waals surface area contributed by atoms with E-state index in [0.717, 1.165) is 22.5 Å². The second-order valence-corrected chi connectivity index (χ2v) is 4.35. The number of nitrogens with zero attached hydrogens (tertiary/aromatic N) is 1. The van der Waals surface area contributed by atoms with Gasteiger partial charge in [0.25, 0.3) is 0 Å². The van der Waals surface area contributed by atoms with Crippen LogP contribution in [-0.4, -0.2) is 9.97 Å². The Morgan fingerprint density at radius 3 is 2.80 bits per heavy atom. The quantitative estimate of drug-likeness (QED) is 0.697. The Hall–Kier alpha value is -1.51. The van der Waals surface area contributed by atoms with Crippen LogP contribution in [0.5, 0.6) is 0 Å². The predicted octanol–water partition coefficient (Wildman–Crippen LogP) is 2.80. The summed E-state index contributed by atoms with van der Waals surface area (Å²) in [4.78, 5) is 8.00. The van der Waals surface area contributed by atoms with Gasteiger partial charge in [0.15, 0.2) is 0 Å². The van der Waals surface area contributed by atoms with Gasteiger partial charge in [0, 0.05) is 5.92 Å². The molecule has 1 aromatic heterocycles. The van der Waals surface area contributed by atoms with Gasteiger partial charge in [0.2, 0.25) is 0 Å². The largest absolute Gasteiger partial charge is 0.397 e. The van der Waals surface area contributed by atoms with E-state index in [-0.39, 0.29) is 0 Å². The number of hydrogen-bond acceptors (Lipinski definition) is 2. The maximum absolute atomic E-state index is 5.89. The number of nitrogens with one attached hydrogen (secondary N) is 1. The van der Waals surface area contributed by atoms with Crippen molar-refractivity contribution < 1.29 is 0 Å². The second kappa shape index (κ2) is 3.26. The zero-order valence-electron chi connectivity index (χ0n) is 8.66. The van der Waals surface area contributed by atoms with Crippen molar-refractivity contribution in [2.45, 2.75) is 31.6 Å². The fraction of sp³-hybridized carbons (Fsp3) is 0.417.